The Bertz CT molecular complexity index is 921. The Morgan fingerprint density at radius 1 is 0.960 bits per heavy atom. The number of methoxy groups -OCH3 is 1. The maximum absolute atomic E-state index is 8.83. The number of halogens is 1. The number of ether oxygens (including phenoxy) is 1. The van der Waals surface area contributed by atoms with Crippen LogP contribution in [-0.2, 0) is 0 Å². The smallest absolute Gasteiger partial charge is 0.137 e. The van der Waals surface area contributed by atoms with Crippen molar-refractivity contribution in [1.29, 1.82) is 5.26 Å². The molecular weight excluding hydrogens is 338 g/mol. The molecule has 124 valence electrons. The zero-order chi connectivity index (χ0) is 17.6. The Balaban J connectivity index is 1.74. The number of nitriles is 1. The molecule has 0 atom stereocenters. The highest BCUT2D eigenvalue weighted by Crippen LogP contribution is 2.28. The van der Waals surface area contributed by atoms with Gasteiger partial charge < -0.3 is 15.4 Å². The Morgan fingerprint density at radius 2 is 1.60 bits per heavy atom. The van der Waals surface area contributed by atoms with Crippen LogP contribution in [0.5, 0.6) is 5.75 Å². The standard InChI is InChI=1S/C18H14ClN5O/c1-25-16-7-6-14(8-15(16)19)24-18-9-17(21-11-22-18)23-13-4-2-12(10-20)3-5-13/h2-9,11H,1H3,(H2,21,22,23,24). The average molecular weight is 352 g/mol. The first-order valence-electron chi connectivity index (χ1n) is 7.38. The molecule has 0 aliphatic rings. The van der Waals surface area contributed by atoms with Crippen LogP contribution >= 0.6 is 11.6 Å². The second kappa shape index (κ2) is 7.51. The Morgan fingerprint density at radius 3 is 2.20 bits per heavy atom. The van der Waals surface area contributed by atoms with Gasteiger partial charge in [-0.3, -0.25) is 0 Å². The number of nitrogens with zero attached hydrogens (tertiary/aromatic N) is 3. The summed E-state index contributed by atoms with van der Waals surface area (Å²) < 4.78 is 5.14. The lowest BCUT2D eigenvalue weighted by Gasteiger charge is -2.10. The first kappa shape index (κ1) is 16.6. The predicted octanol–water partition coefficient (Wildman–Crippen LogP) is 4.50. The molecule has 25 heavy (non-hydrogen) atoms. The van der Waals surface area contributed by atoms with E-state index in [0.29, 0.717) is 28.0 Å². The molecule has 0 amide bonds. The maximum Gasteiger partial charge on any atom is 0.137 e. The minimum absolute atomic E-state index is 0.512. The van der Waals surface area contributed by atoms with Crippen molar-refractivity contribution in [2.45, 2.75) is 0 Å². The number of aromatic nitrogens is 2. The molecule has 0 aliphatic heterocycles. The molecule has 0 aliphatic carbocycles. The van der Waals surface area contributed by atoms with Gasteiger partial charge in [0.15, 0.2) is 0 Å². The van der Waals surface area contributed by atoms with Crippen LogP contribution in [0.4, 0.5) is 23.0 Å². The van der Waals surface area contributed by atoms with Crippen molar-refractivity contribution in [2.75, 3.05) is 17.7 Å². The van der Waals surface area contributed by atoms with Crippen LogP contribution < -0.4 is 15.4 Å². The van der Waals surface area contributed by atoms with Crippen LogP contribution in [0.2, 0.25) is 5.02 Å². The van der Waals surface area contributed by atoms with Crippen LogP contribution in [0.1, 0.15) is 5.56 Å². The van der Waals surface area contributed by atoms with Crippen molar-refractivity contribution in [3.8, 4) is 11.8 Å². The first-order valence-corrected chi connectivity index (χ1v) is 7.75. The van der Waals surface area contributed by atoms with Crippen molar-refractivity contribution in [3.05, 3.63) is 65.4 Å². The fourth-order valence-electron chi connectivity index (χ4n) is 2.16. The van der Waals surface area contributed by atoms with E-state index >= 15 is 0 Å². The van der Waals surface area contributed by atoms with E-state index < -0.39 is 0 Å². The van der Waals surface area contributed by atoms with Gasteiger partial charge in [-0.2, -0.15) is 5.26 Å². The molecule has 0 bridgehead atoms. The lowest BCUT2D eigenvalue weighted by Crippen LogP contribution is -1.98. The number of anilines is 4. The molecule has 3 rings (SSSR count). The second-order valence-electron chi connectivity index (χ2n) is 5.08. The molecule has 0 radical (unpaired) electrons. The van der Waals surface area contributed by atoms with Crippen molar-refractivity contribution >= 4 is 34.6 Å². The third kappa shape index (κ3) is 4.16. The monoisotopic (exact) mass is 351 g/mol. The van der Waals surface area contributed by atoms with E-state index in [1.54, 1.807) is 37.4 Å². The second-order valence-corrected chi connectivity index (χ2v) is 5.48. The van der Waals surface area contributed by atoms with Crippen molar-refractivity contribution < 1.29 is 4.74 Å². The number of rotatable bonds is 5. The van der Waals surface area contributed by atoms with Gasteiger partial charge in [-0.1, -0.05) is 11.6 Å². The average Bonchev–Trinajstić information content (AvgIpc) is 2.63. The van der Waals surface area contributed by atoms with Gasteiger partial charge in [-0.05, 0) is 42.5 Å². The normalized spacial score (nSPS) is 9.96. The Kier molecular flexibility index (Phi) is 4.97. The summed E-state index contributed by atoms with van der Waals surface area (Å²) in [5.41, 5.74) is 2.22. The van der Waals surface area contributed by atoms with E-state index in [-0.39, 0.29) is 0 Å². The van der Waals surface area contributed by atoms with Crippen LogP contribution in [0.15, 0.2) is 54.9 Å². The molecule has 0 saturated carbocycles. The van der Waals surface area contributed by atoms with Gasteiger partial charge in [-0.25, -0.2) is 9.97 Å². The highest BCUT2D eigenvalue weighted by Gasteiger charge is 2.04. The molecular formula is C18H14ClN5O. The van der Waals surface area contributed by atoms with Gasteiger partial charge >= 0.3 is 0 Å². The van der Waals surface area contributed by atoms with Crippen LogP contribution in [0, 0.1) is 11.3 Å². The molecule has 0 saturated heterocycles. The van der Waals surface area contributed by atoms with Gasteiger partial charge in [0, 0.05) is 17.4 Å². The summed E-state index contributed by atoms with van der Waals surface area (Å²) in [7, 11) is 1.57. The third-order valence-corrected chi connectivity index (χ3v) is 3.67. The topological polar surface area (TPSA) is 82.9 Å². The van der Waals surface area contributed by atoms with Gasteiger partial charge in [0.1, 0.15) is 23.7 Å². The lowest BCUT2D eigenvalue weighted by molar-refractivity contribution is 0.415. The molecule has 1 heterocycles. The summed E-state index contributed by atoms with van der Waals surface area (Å²) in [5, 5.41) is 15.7. The Labute approximate surface area is 150 Å². The van der Waals surface area contributed by atoms with Crippen LogP contribution in [0.25, 0.3) is 0 Å². The molecule has 0 unspecified atom stereocenters. The van der Waals surface area contributed by atoms with E-state index in [0.717, 1.165) is 11.4 Å². The number of nitrogens with one attached hydrogen (secondary N) is 2. The fourth-order valence-corrected chi connectivity index (χ4v) is 2.42. The van der Waals surface area contributed by atoms with Gasteiger partial charge in [0.25, 0.3) is 0 Å². The molecule has 3 aromatic rings. The minimum atomic E-state index is 0.512. The molecule has 0 fully saturated rings. The number of benzene rings is 2. The molecule has 2 N–H and O–H groups in total. The maximum atomic E-state index is 8.83. The van der Waals surface area contributed by atoms with Crippen molar-refractivity contribution in [3.63, 3.8) is 0 Å². The summed E-state index contributed by atoms with van der Waals surface area (Å²) >= 11 is 6.13. The lowest BCUT2D eigenvalue weighted by atomic mass is 10.2. The van der Waals surface area contributed by atoms with Crippen molar-refractivity contribution in [2.24, 2.45) is 0 Å². The minimum Gasteiger partial charge on any atom is -0.495 e. The van der Waals surface area contributed by atoms with Gasteiger partial charge in [0.2, 0.25) is 0 Å². The van der Waals surface area contributed by atoms with Crippen molar-refractivity contribution in [1.82, 2.24) is 9.97 Å². The summed E-state index contributed by atoms with van der Waals surface area (Å²) in [6, 6.07) is 16.4. The Hall–Kier alpha value is -3.30. The van der Waals surface area contributed by atoms with E-state index in [1.165, 1.54) is 6.33 Å². The molecule has 6 nitrogen and oxygen atoms in total. The van der Waals surface area contributed by atoms with Gasteiger partial charge in [-0.15, -0.1) is 0 Å². The predicted molar refractivity (Wildman–Crippen MR) is 97.8 cm³/mol. The highest BCUT2D eigenvalue weighted by atomic mass is 35.5. The summed E-state index contributed by atoms with van der Waals surface area (Å²) in [4.78, 5) is 8.39. The van der Waals surface area contributed by atoms with Gasteiger partial charge in [0.05, 0.1) is 23.8 Å². The molecule has 1 aromatic heterocycles. The number of hydrogen-bond acceptors (Lipinski definition) is 6. The number of hydrogen-bond donors (Lipinski definition) is 2. The summed E-state index contributed by atoms with van der Waals surface area (Å²) in [6.45, 7) is 0. The largest absolute Gasteiger partial charge is 0.495 e. The quantitative estimate of drug-likeness (QED) is 0.704. The van der Waals surface area contributed by atoms with E-state index in [2.05, 4.69) is 26.7 Å². The highest BCUT2D eigenvalue weighted by molar-refractivity contribution is 6.32. The van der Waals surface area contributed by atoms with Crippen LogP contribution in [-0.4, -0.2) is 17.1 Å². The SMILES string of the molecule is COc1ccc(Nc2cc(Nc3ccc(C#N)cc3)ncn2)cc1Cl. The van der Waals surface area contributed by atoms with E-state index in [4.69, 9.17) is 21.6 Å². The summed E-state index contributed by atoms with van der Waals surface area (Å²) in [6.07, 6.45) is 1.46. The zero-order valence-electron chi connectivity index (χ0n) is 13.3. The summed E-state index contributed by atoms with van der Waals surface area (Å²) in [5.74, 6) is 1.85. The van der Waals surface area contributed by atoms with E-state index in [9.17, 15) is 0 Å². The zero-order valence-corrected chi connectivity index (χ0v) is 14.1. The fraction of sp³-hybridized carbons (Fsp3) is 0.0556. The molecule has 0 spiro atoms. The molecule has 2 aromatic carbocycles. The third-order valence-electron chi connectivity index (χ3n) is 3.38. The van der Waals surface area contributed by atoms with E-state index in [1.807, 2.05) is 18.2 Å². The first-order chi connectivity index (χ1) is 12.2. The molecule has 7 heteroatoms. The van der Waals surface area contributed by atoms with Crippen LogP contribution in [0.3, 0.4) is 0 Å².